The van der Waals surface area contributed by atoms with Gasteiger partial charge in [-0.25, -0.2) is 4.79 Å². The number of hydrogen-bond acceptors (Lipinski definition) is 3. The summed E-state index contributed by atoms with van der Waals surface area (Å²) in [5.74, 6) is 0.272. The Bertz CT molecular complexity index is 325. The molecular weight excluding hydrogens is 256 g/mol. The zero-order valence-corrected chi connectivity index (χ0v) is 11.4. The summed E-state index contributed by atoms with van der Waals surface area (Å²) in [7, 11) is -0.787. The van der Waals surface area contributed by atoms with Gasteiger partial charge in [0.15, 0.2) is 0 Å². The van der Waals surface area contributed by atoms with Crippen LogP contribution in [0.2, 0.25) is 0 Å². The van der Waals surface area contributed by atoms with Crippen LogP contribution in [0.1, 0.15) is 26.2 Å². The van der Waals surface area contributed by atoms with Crippen LogP contribution in [0.4, 0.5) is 4.79 Å². The Labute approximate surface area is 109 Å². The average molecular weight is 276 g/mol. The second-order valence-electron chi connectivity index (χ2n) is 4.47. The van der Waals surface area contributed by atoms with Crippen LogP contribution in [-0.2, 0) is 15.6 Å². The molecule has 0 aromatic heterocycles. The number of amides is 2. The van der Waals surface area contributed by atoms with Gasteiger partial charge in [-0.15, -0.1) is 0 Å². The van der Waals surface area contributed by atoms with Crippen molar-refractivity contribution in [1.82, 2.24) is 10.2 Å². The highest BCUT2D eigenvalue weighted by atomic mass is 32.2. The van der Waals surface area contributed by atoms with Crippen molar-refractivity contribution in [2.75, 3.05) is 24.6 Å². The summed E-state index contributed by atoms with van der Waals surface area (Å²) in [6.07, 6.45) is 1.33. The van der Waals surface area contributed by atoms with Crippen molar-refractivity contribution >= 4 is 22.8 Å². The molecule has 2 N–H and O–H groups in total. The van der Waals surface area contributed by atoms with Crippen LogP contribution >= 0.6 is 0 Å². The lowest BCUT2D eigenvalue weighted by Crippen LogP contribution is -2.49. The molecule has 1 heterocycles. The first-order valence-electron chi connectivity index (χ1n) is 6.11. The van der Waals surface area contributed by atoms with Crippen molar-refractivity contribution in [1.29, 1.82) is 0 Å². The molecule has 6 nitrogen and oxygen atoms in total. The summed E-state index contributed by atoms with van der Waals surface area (Å²) in [4.78, 5) is 23.8. The van der Waals surface area contributed by atoms with Gasteiger partial charge in [-0.1, -0.05) is 0 Å². The molecule has 1 atom stereocenters. The first-order chi connectivity index (χ1) is 8.49. The molecule has 1 fully saturated rings. The molecule has 7 heteroatoms. The number of nitrogens with zero attached hydrogens (tertiary/aromatic N) is 1. The van der Waals surface area contributed by atoms with Gasteiger partial charge in [0.1, 0.15) is 0 Å². The van der Waals surface area contributed by atoms with E-state index in [0.29, 0.717) is 37.4 Å². The average Bonchev–Trinajstić information content (AvgIpc) is 2.29. The van der Waals surface area contributed by atoms with Crippen LogP contribution in [0.25, 0.3) is 0 Å². The van der Waals surface area contributed by atoms with E-state index in [1.165, 1.54) is 0 Å². The summed E-state index contributed by atoms with van der Waals surface area (Å²) in [5, 5.41) is 11.3. The van der Waals surface area contributed by atoms with Gasteiger partial charge < -0.3 is 15.3 Å². The number of carboxylic acid groups (broad SMARTS) is 1. The first-order valence-corrected chi connectivity index (χ1v) is 7.60. The smallest absolute Gasteiger partial charge is 0.317 e. The molecule has 1 unspecified atom stereocenters. The molecule has 0 aromatic rings. The van der Waals surface area contributed by atoms with Crippen molar-refractivity contribution in [3.05, 3.63) is 0 Å². The first kappa shape index (κ1) is 14.9. The number of urea groups is 1. The Kier molecular flexibility index (Phi) is 6.11. The minimum absolute atomic E-state index is 0.0377. The fraction of sp³-hybridized carbons (Fsp3) is 0.818. The molecule has 0 radical (unpaired) electrons. The maximum atomic E-state index is 11.8. The van der Waals surface area contributed by atoms with E-state index in [2.05, 4.69) is 5.32 Å². The number of rotatable bonds is 5. The highest BCUT2D eigenvalue weighted by Gasteiger charge is 2.20. The van der Waals surface area contributed by atoms with Crippen molar-refractivity contribution in [3.63, 3.8) is 0 Å². The van der Waals surface area contributed by atoms with Crippen molar-refractivity contribution in [3.8, 4) is 0 Å². The van der Waals surface area contributed by atoms with Crippen LogP contribution in [0, 0.1) is 0 Å². The lowest BCUT2D eigenvalue weighted by atomic mass is 10.1. The van der Waals surface area contributed by atoms with Gasteiger partial charge in [-0.05, 0) is 19.8 Å². The van der Waals surface area contributed by atoms with Crippen LogP contribution in [-0.4, -0.2) is 56.9 Å². The van der Waals surface area contributed by atoms with Gasteiger partial charge in [0.25, 0.3) is 0 Å². The third-order valence-electron chi connectivity index (χ3n) is 2.86. The Balaban J connectivity index is 2.22. The number of hydrogen-bond donors (Lipinski definition) is 2. The Hall–Kier alpha value is -1.11. The van der Waals surface area contributed by atoms with Crippen LogP contribution in [0.15, 0.2) is 0 Å². The van der Waals surface area contributed by atoms with E-state index in [0.717, 1.165) is 0 Å². The zero-order valence-electron chi connectivity index (χ0n) is 10.6. The quantitative estimate of drug-likeness (QED) is 0.761. The number of carbonyl (C=O) groups is 2. The monoisotopic (exact) mass is 276 g/mol. The Morgan fingerprint density at radius 2 is 2.00 bits per heavy atom. The fourth-order valence-electron chi connectivity index (χ4n) is 1.77. The van der Waals surface area contributed by atoms with E-state index < -0.39 is 16.8 Å². The van der Waals surface area contributed by atoms with Crippen LogP contribution in [0.3, 0.4) is 0 Å². The topological polar surface area (TPSA) is 86.7 Å². The van der Waals surface area contributed by atoms with Gasteiger partial charge in [0.05, 0.1) is 0 Å². The number of aliphatic carboxylic acids is 1. The Morgan fingerprint density at radius 1 is 1.39 bits per heavy atom. The normalized spacial score (nSPS) is 18.4. The van der Waals surface area contributed by atoms with Gasteiger partial charge >= 0.3 is 12.0 Å². The predicted octanol–water partition coefficient (Wildman–Crippen LogP) is 0.404. The molecule has 0 saturated carbocycles. The number of carbonyl (C=O) groups excluding carboxylic acids is 1. The molecular formula is C11H20N2O4S. The summed E-state index contributed by atoms with van der Waals surface area (Å²) in [5.41, 5.74) is 0. The van der Waals surface area contributed by atoms with E-state index in [-0.39, 0.29) is 18.5 Å². The molecule has 1 aliphatic heterocycles. The van der Waals surface area contributed by atoms with Gasteiger partial charge in [0, 0.05) is 47.9 Å². The summed E-state index contributed by atoms with van der Waals surface area (Å²) < 4.78 is 11.2. The molecule has 18 heavy (non-hydrogen) atoms. The summed E-state index contributed by atoms with van der Waals surface area (Å²) in [6, 6.07) is -0.182. The van der Waals surface area contributed by atoms with Gasteiger partial charge in [-0.2, -0.15) is 0 Å². The van der Waals surface area contributed by atoms with Gasteiger partial charge in [-0.3, -0.25) is 9.00 Å². The third kappa shape index (κ3) is 5.48. The van der Waals surface area contributed by atoms with Crippen molar-refractivity contribution in [2.45, 2.75) is 32.2 Å². The molecule has 1 rings (SSSR count). The van der Waals surface area contributed by atoms with Crippen molar-refractivity contribution < 1.29 is 18.9 Å². The zero-order chi connectivity index (χ0) is 13.5. The van der Waals surface area contributed by atoms with Crippen LogP contribution < -0.4 is 5.32 Å². The van der Waals surface area contributed by atoms with E-state index >= 15 is 0 Å². The lowest BCUT2D eigenvalue weighted by Gasteiger charge is -2.28. The lowest BCUT2D eigenvalue weighted by molar-refractivity contribution is -0.137. The maximum absolute atomic E-state index is 11.8. The molecule has 0 aromatic carbocycles. The Morgan fingerprint density at radius 3 is 2.56 bits per heavy atom. The van der Waals surface area contributed by atoms with Crippen molar-refractivity contribution in [2.24, 2.45) is 0 Å². The fourth-order valence-corrected chi connectivity index (χ4v) is 2.83. The second-order valence-corrected chi connectivity index (χ2v) is 6.17. The summed E-state index contributed by atoms with van der Waals surface area (Å²) >= 11 is 0. The third-order valence-corrected chi connectivity index (χ3v) is 4.14. The standard InChI is InChI=1S/C11H20N2O4S/c1-9(3-2-4-10(14)15)12-11(16)13-5-7-18(17)8-6-13/h9H,2-8H2,1H3,(H,12,16)(H,14,15). The molecule has 104 valence electrons. The largest absolute Gasteiger partial charge is 0.481 e. The molecule has 0 bridgehead atoms. The molecule has 1 saturated heterocycles. The predicted molar refractivity (Wildman–Crippen MR) is 68.9 cm³/mol. The van der Waals surface area contributed by atoms with E-state index in [4.69, 9.17) is 5.11 Å². The van der Waals surface area contributed by atoms with E-state index in [1.54, 1.807) is 4.90 Å². The molecule has 2 amide bonds. The van der Waals surface area contributed by atoms with Gasteiger partial charge in [0.2, 0.25) is 0 Å². The highest BCUT2D eigenvalue weighted by molar-refractivity contribution is 7.85. The van der Waals surface area contributed by atoms with E-state index in [9.17, 15) is 13.8 Å². The van der Waals surface area contributed by atoms with E-state index in [1.807, 2.05) is 6.92 Å². The minimum atomic E-state index is -0.813. The second kappa shape index (κ2) is 7.35. The SMILES string of the molecule is CC(CCCC(=O)O)NC(=O)N1CCS(=O)CC1. The molecule has 0 spiro atoms. The number of carboxylic acids is 1. The summed E-state index contributed by atoms with van der Waals surface area (Å²) in [6.45, 7) is 2.92. The number of nitrogens with one attached hydrogen (secondary N) is 1. The maximum Gasteiger partial charge on any atom is 0.317 e. The highest BCUT2D eigenvalue weighted by Crippen LogP contribution is 2.04. The minimum Gasteiger partial charge on any atom is -0.481 e. The molecule has 0 aliphatic carbocycles. The van der Waals surface area contributed by atoms with Crippen LogP contribution in [0.5, 0.6) is 0 Å². The molecule has 1 aliphatic rings.